The van der Waals surface area contributed by atoms with Crippen LogP contribution in [0.5, 0.6) is 0 Å². The SMILES string of the molecule is O=Cc1cccc(NC(=O)c2ccc(Br)cc2F)c1. The fourth-order valence-electron chi connectivity index (χ4n) is 1.56. The zero-order chi connectivity index (χ0) is 13.8. The highest BCUT2D eigenvalue weighted by Crippen LogP contribution is 2.17. The van der Waals surface area contributed by atoms with Crippen molar-refractivity contribution in [1.29, 1.82) is 0 Å². The summed E-state index contributed by atoms with van der Waals surface area (Å²) in [6.07, 6.45) is 0.676. The van der Waals surface area contributed by atoms with Gasteiger partial charge in [-0.05, 0) is 30.3 Å². The molecular formula is C14H9BrFNO2. The van der Waals surface area contributed by atoms with Crippen molar-refractivity contribution in [3.63, 3.8) is 0 Å². The molecular weight excluding hydrogens is 313 g/mol. The Kier molecular flexibility index (Phi) is 4.06. The molecule has 2 aromatic carbocycles. The van der Waals surface area contributed by atoms with Gasteiger partial charge in [-0.1, -0.05) is 28.1 Å². The van der Waals surface area contributed by atoms with Crippen LogP contribution >= 0.6 is 15.9 Å². The molecule has 0 radical (unpaired) electrons. The number of aldehydes is 1. The number of anilines is 1. The molecule has 0 fully saturated rings. The molecule has 2 rings (SSSR count). The number of amides is 1. The van der Waals surface area contributed by atoms with Gasteiger partial charge in [-0.25, -0.2) is 4.39 Å². The standard InChI is InChI=1S/C14H9BrFNO2/c15-10-4-5-12(13(16)7-10)14(19)17-11-3-1-2-9(6-11)8-18/h1-8H,(H,17,19). The van der Waals surface area contributed by atoms with E-state index in [1.807, 2.05) is 0 Å². The minimum absolute atomic E-state index is 0.0558. The molecule has 0 bridgehead atoms. The largest absolute Gasteiger partial charge is 0.322 e. The van der Waals surface area contributed by atoms with Crippen LogP contribution in [0.4, 0.5) is 10.1 Å². The fourth-order valence-corrected chi connectivity index (χ4v) is 1.89. The van der Waals surface area contributed by atoms with Gasteiger partial charge >= 0.3 is 0 Å². The Balaban J connectivity index is 2.22. The zero-order valence-corrected chi connectivity index (χ0v) is 11.3. The van der Waals surface area contributed by atoms with E-state index in [0.29, 0.717) is 22.0 Å². The molecule has 0 atom stereocenters. The summed E-state index contributed by atoms with van der Waals surface area (Å²) in [6, 6.07) is 10.6. The molecule has 0 unspecified atom stereocenters. The van der Waals surface area contributed by atoms with E-state index >= 15 is 0 Å². The number of halogens is 2. The number of carbonyl (C=O) groups is 2. The maximum absolute atomic E-state index is 13.6. The number of carbonyl (C=O) groups excluding carboxylic acids is 2. The molecule has 0 saturated heterocycles. The quantitative estimate of drug-likeness (QED) is 0.877. The first-order valence-electron chi connectivity index (χ1n) is 5.42. The molecule has 0 heterocycles. The molecule has 1 N–H and O–H groups in total. The molecule has 3 nitrogen and oxygen atoms in total. The summed E-state index contributed by atoms with van der Waals surface area (Å²) in [5, 5.41) is 2.54. The average Bonchev–Trinajstić information content (AvgIpc) is 2.38. The Hall–Kier alpha value is -2.01. The summed E-state index contributed by atoms with van der Waals surface area (Å²) < 4.78 is 14.2. The van der Waals surface area contributed by atoms with Crippen molar-refractivity contribution >= 4 is 33.8 Å². The molecule has 1 amide bonds. The molecule has 0 aliphatic carbocycles. The lowest BCUT2D eigenvalue weighted by Crippen LogP contribution is -2.13. The van der Waals surface area contributed by atoms with E-state index in [2.05, 4.69) is 21.2 Å². The van der Waals surface area contributed by atoms with E-state index in [1.165, 1.54) is 18.2 Å². The molecule has 0 aliphatic heterocycles. The molecule has 96 valence electrons. The van der Waals surface area contributed by atoms with Crippen molar-refractivity contribution in [3.05, 3.63) is 63.9 Å². The average molecular weight is 322 g/mol. The van der Waals surface area contributed by atoms with Crippen molar-refractivity contribution in [2.75, 3.05) is 5.32 Å². The van der Waals surface area contributed by atoms with E-state index in [0.717, 1.165) is 0 Å². The highest BCUT2D eigenvalue weighted by atomic mass is 79.9. The normalized spacial score (nSPS) is 10.0. The second-order valence-electron chi connectivity index (χ2n) is 3.82. The molecule has 0 aromatic heterocycles. The predicted molar refractivity (Wildman–Crippen MR) is 73.9 cm³/mol. The maximum atomic E-state index is 13.6. The third-order valence-corrected chi connectivity index (χ3v) is 2.95. The monoisotopic (exact) mass is 321 g/mol. The van der Waals surface area contributed by atoms with Crippen LogP contribution in [-0.2, 0) is 0 Å². The van der Waals surface area contributed by atoms with E-state index in [4.69, 9.17) is 0 Å². The van der Waals surface area contributed by atoms with Gasteiger partial charge in [-0.15, -0.1) is 0 Å². The lowest BCUT2D eigenvalue weighted by atomic mass is 10.1. The fraction of sp³-hybridized carbons (Fsp3) is 0. The van der Waals surface area contributed by atoms with Gasteiger partial charge < -0.3 is 5.32 Å². The first-order valence-corrected chi connectivity index (χ1v) is 6.21. The van der Waals surface area contributed by atoms with Gasteiger partial charge in [0.05, 0.1) is 5.56 Å². The Labute approximate surface area is 117 Å². The van der Waals surface area contributed by atoms with Crippen LogP contribution in [0.3, 0.4) is 0 Å². The van der Waals surface area contributed by atoms with Crippen molar-refractivity contribution in [2.24, 2.45) is 0 Å². The lowest BCUT2D eigenvalue weighted by Gasteiger charge is -2.06. The molecule has 2 aromatic rings. The van der Waals surface area contributed by atoms with E-state index in [9.17, 15) is 14.0 Å². The van der Waals surface area contributed by atoms with Crippen LogP contribution in [0, 0.1) is 5.82 Å². The van der Waals surface area contributed by atoms with Gasteiger partial charge in [0, 0.05) is 15.7 Å². The van der Waals surface area contributed by atoms with E-state index in [1.54, 1.807) is 24.3 Å². The van der Waals surface area contributed by atoms with Gasteiger partial charge in [0.15, 0.2) is 0 Å². The highest BCUT2D eigenvalue weighted by Gasteiger charge is 2.12. The molecule has 0 spiro atoms. The minimum Gasteiger partial charge on any atom is -0.322 e. The third kappa shape index (κ3) is 3.26. The van der Waals surface area contributed by atoms with Crippen molar-refractivity contribution in [2.45, 2.75) is 0 Å². The number of rotatable bonds is 3. The highest BCUT2D eigenvalue weighted by molar-refractivity contribution is 9.10. The first kappa shape index (κ1) is 13.4. The second-order valence-corrected chi connectivity index (χ2v) is 4.74. The predicted octanol–water partition coefficient (Wildman–Crippen LogP) is 3.65. The molecule has 5 heteroatoms. The lowest BCUT2D eigenvalue weighted by molar-refractivity contribution is 0.102. The summed E-state index contributed by atoms with van der Waals surface area (Å²) in [5.41, 5.74) is 0.825. The first-order chi connectivity index (χ1) is 9.10. The van der Waals surface area contributed by atoms with Crippen LogP contribution in [0.15, 0.2) is 46.9 Å². The van der Waals surface area contributed by atoms with E-state index < -0.39 is 11.7 Å². The number of hydrogen-bond donors (Lipinski definition) is 1. The Bertz CT molecular complexity index is 643. The third-order valence-electron chi connectivity index (χ3n) is 2.46. The number of hydrogen-bond acceptors (Lipinski definition) is 2. The van der Waals surface area contributed by atoms with Crippen LogP contribution in [0.2, 0.25) is 0 Å². The summed E-state index contributed by atoms with van der Waals surface area (Å²) in [4.78, 5) is 22.5. The summed E-state index contributed by atoms with van der Waals surface area (Å²) in [5.74, 6) is -1.17. The van der Waals surface area contributed by atoms with Crippen LogP contribution in [0.25, 0.3) is 0 Å². The van der Waals surface area contributed by atoms with Crippen LogP contribution in [-0.4, -0.2) is 12.2 Å². The van der Waals surface area contributed by atoms with Crippen molar-refractivity contribution < 1.29 is 14.0 Å². The summed E-state index contributed by atoms with van der Waals surface area (Å²) >= 11 is 3.12. The Morgan fingerprint density at radius 3 is 2.68 bits per heavy atom. The van der Waals surface area contributed by atoms with Gasteiger partial charge in [-0.3, -0.25) is 9.59 Å². The maximum Gasteiger partial charge on any atom is 0.258 e. The van der Waals surface area contributed by atoms with Crippen molar-refractivity contribution in [1.82, 2.24) is 0 Å². The number of benzene rings is 2. The Morgan fingerprint density at radius 1 is 1.21 bits per heavy atom. The van der Waals surface area contributed by atoms with Crippen LogP contribution in [0.1, 0.15) is 20.7 Å². The van der Waals surface area contributed by atoms with Crippen LogP contribution < -0.4 is 5.32 Å². The number of nitrogens with one attached hydrogen (secondary N) is 1. The smallest absolute Gasteiger partial charge is 0.258 e. The molecule has 0 aliphatic rings. The Morgan fingerprint density at radius 2 is 2.00 bits per heavy atom. The van der Waals surface area contributed by atoms with Gasteiger partial charge in [0.25, 0.3) is 5.91 Å². The van der Waals surface area contributed by atoms with Gasteiger partial charge in [0.1, 0.15) is 12.1 Å². The van der Waals surface area contributed by atoms with Gasteiger partial charge in [-0.2, -0.15) is 0 Å². The van der Waals surface area contributed by atoms with Crippen molar-refractivity contribution in [3.8, 4) is 0 Å². The molecule has 0 saturated carbocycles. The summed E-state index contributed by atoms with van der Waals surface area (Å²) in [6.45, 7) is 0. The second kappa shape index (κ2) is 5.75. The minimum atomic E-state index is -0.613. The molecule has 19 heavy (non-hydrogen) atoms. The summed E-state index contributed by atoms with van der Waals surface area (Å²) in [7, 11) is 0. The zero-order valence-electron chi connectivity index (χ0n) is 9.69. The van der Waals surface area contributed by atoms with Gasteiger partial charge in [0.2, 0.25) is 0 Å². The van der Waals surface area contributed by atoms with E-state index in [-0.39, 0.29) is 5.56 Å². The topological polar surface area (TPSA) is 46.2 Å².